The second-order valence-corrected chi connectivity index (χ2v) is 5.94. The summed E-state index contributed by atoms with van der Waals surface area (Å²) < 4.78 is 16.4. The molecule has 2 aromatic carbocycles. The lowest BCUT2D eigenvalue weighted by Gasteiger charge is -2.14. The summed E-state index contributed by atoms with van der Waals surface area (Å²) in [5.41, 5.74) is 2.20. The molecule has 3 aromatic rings. The van der Waals surface area contributed by atoms with Gasteiger partial charge in [-0.3, -0.25) is 0 Å². The summed E-state index contributed by atoms with van der Waals surface area (Å²) in [5.74, 6) is 0.663. The number of ether oxygens (including phenoxy) is 3. The van der Waals surface area contributed by atoms with Gasteiger partial charge in [-0.25, -0.2) is 9.78 Å². The zero-order valence-electron chi connectivity index (χ0n) is 15.9. The maximum absolute atomic E-state index is 11.6. The van der Waals surface area contributed by atoms with E-state index < -0.39 is 5.97 Å². The molecule has 28 heavy (non-hydrogen) atoms. The van der Waals surface area contributed by atoms with E-state index in [1.807, 2.05) is 31.2 Å². The van der Waals surface area contributed by atoms with Gasteiger partial charge < -0.3 is 19.3 Å². The number of hydrogen-bond donors (Lipinski definition) is 1. The molecule has 0 aliphatic carbocycles. The normalized spacial score (nSPS) is 11.0. The average molecular weight is 379 g/mol. The summed E-state index contributed by atoms with van der Waals surface area (Å²) in [4.78, 5) is 16.1. The monoisotopic (exact) mass is 379 g/mol. The van der Waals surface area contributed by atoms with Gasteiger partial charge in [0, 0.05) is 5.39 Å². The Hall–Kier alpha value is -3.54. The van der Waals surface area contributed by atoms with E-state index in [1.54, 1.807) is 44.6 Å². The molecule has 3 rings (SSSR count). The number of rotatable bonds is 7. The highest BCUT2D eigenvalue weighted by Gasteiger charge is 2.13. The summed E-state index contributed by atoms with van der Waals surface area (Å²) >= 11 is 0. The van der Waals surface area contributed by atoms with Crippen LogP contribution in [0.3, 0.4) is 0 Å². The Kier molecular flexibility index (Phi) is 5.79. The molecule has 0 saturated heterocycles. The molecule has 0 atom stereocenters. The molecule has 0 amide bonds. The summed E-state index contributed by atoms with van der Waals surface area (Å²) in [6.07, 6.45) is 3.58. The molecule has 0 bridgehead atoms. The third-order valence-corrected chi connectivity index (χ3v) is 4.18. The van der Waals surface area contributed by atoms with E-state index in [9.17, 15) is 9.90 Å². The Morgan fingerprint density at radius 2 is 1.75 bits per heavy atom. The number of carbonyl (C=O) groups is 1. The number of nitrogens with zero attached hydrogens (tertiary/aromatic N) is 1. The lowest BCUT2D eigenvalue weighted by atomic mass is 10.1. The molecule has 0 aliphatic rings. The molecule has 0 aliphatic heterocycles. The van der Waals surface area contributed by atoms with Gasteiger partial charge in [0.05, 0.1) is 37.6 Å². The standard InChI is InChI=1S/C22H21NO5/c1-4-28-21-19(26-2)11-14(12-20(21)27-3)9-10-15-13-17(22(24)25)16-7-5-6-8-18(16)23-15/h5-13H,4H2,1-3H3,(H,24,25)/b10-9+. The highest BCUT2D eigenvalue weighted by Crippen LogP contribution is 2.39. The Balaban J connectivity index is 2.03. The number of carboxylic acids is 1. The van der Waals surface area contributed by atoms with Gasteiger partial charge >= 0.3 is 5.97 Å². The topological polar surface area (TPSA) is 77.9 Å². The van der Waals surface area contributed by atoms with E-state index >= 15 is 0 Å². The predicted molar refractivity (Wildman–Crippen MR) is 108 cm³/mol. The molecule has 0 radical (unpaired) electrons. The Morgan fingerprint density at radius 3 is 2.36 bits per heavy atom. The van der Waals surface area contributed by atoms with E-state index in [2.05, 4.69) is 4.98 Å². The average Bonchev–Trinajstić information content (AvgIpc) is 2.72. The maximum Gasteiger partial charge on any atom is 0.336 e. The van der Waals surface area contributed by atoms with Crippen molar-refractivity contribution in [1.82, 2.24) is 4.98 Å². The number of benzene rings is 2. The van der Waals surface area contributed by atoms with Gasteiger partial charge in [-0.15, -0.1) is 0 Å². The van der Waals surface area contributed by atoms with Gasteiger partial charge in [-0.05, 0) is 42.8 Å². The van der Waals surface area contributed by atoms with Crippen LogP contribution >= 0.6 is 0 Å². The highest BCUT2D eigenvalue weighted by molar-refractivity contribution is 6.03. The molecule has 6 heteroatoms. The van der Waals surface area contributed by atoms with Crippen LogP contribution in [0.2, 0.25) is 0 Å². The van der Waals surface area contributed by atoms with Crippen molar-refractivity contribution < 1.29 is 24.1 Å². The van der Waals surface area contributed by atoms with E-state index in [-0.39, 0.29) is 5.56 Å². The largest absolute Gasteiger partial charge is 0.493 e. The molecule has 0 unspecified atom stereocenters. The van der Waals surface area contributed by atoms with Gasteiger partial charge in [-0.1, -0.05) is 24.3 Å². The number of para-hydroxylation sites is 1. The fourth-order valence-electron chi connectivity index (χ4n) is 2.92. The van der Waals surface area contributed by atoms with Crippen LogP contribution in [0, 0.1) is 0 Å². The van der Waals surface area contributed by atoms with Crippen LogP contribution in [0.15, 0.2) is 42.5 Å². The zero-order valence-corrected chi connectivity index (χ0v) is 15.9. The van der Waals surface area contributed by atoms with Gasteiger partial charge in [0.1, 0.15) is 0 Å². The number of pyridine rings is 1. The molecule has 0 fully saturated rings. The molecule has 1 aromatic heterocycles. The van der Waals surface area contributed by atoms with Crippen LogP contribution < -0.4 is 14.2 Å². The van der Waals surface area contributed by atoms with Crippen molar-refractivity contribution in [3.8, 4) is 17.2 Å². The molecular formula is C22H21NO5. The Labute approximate surface area is 163 Å². The number of methoxy groups -OCH3 is 2. The van der Waals surface area contributed by atoms with Crippen LogP contribution in [0.5, 0.6) is 17.2 Å². The van der Waals surface area contributed by atoms with Crippen molar-refractivity contribution in [3.63, 3.8) is 0 Å². The molecular weight excluding hydrogens is 358 g/mol. The van der Waals surface area contributed by atoms with Crippen molar-refractivity contribution >= 4 is 29.0 Å². The second-order valence-electron chi connectivity index (χ2n) is 5.94. The summed E-state index contributed by atoms with van der Waals surface area (Å²) in [5, 5.41) is 10.1. The van der Waals surface area contributed by atoms with Crippen molar-refractivity contribution in [3.05, 3.63) is 59.3 Å². The first-order valence-corrected chi connectivity index (χ1v) is 8.77. The quantitative estimate of drug-likeness (QED) is 0.650. The van der Waals surface area contributed by atoms with Crippen LogP contribution in [0.1, 0.15) is 28.5 Å². The van der Waals surface area contributed by atoms with Crippen molar-refractivity contribution in [1.29, 1.82) is 0 Å². The highest BCUT2D eigenvalue weighted by atomic mass is 16.5. The third-order valence-electron chi connectivity index (χ3n) is 4.18. The van der Waals surface area contributed by atoms with Gasteiger partial charge in [0.2, 0.25) is 5.75 Å². The minimum absolute atomic E-state index is 0.215. The number of aromatic nitrogens is 1. The SMILES string of the molecule is CCOc1c(OC)cc(/C=C/c2cc(C(=O)O)c3ccccc3n2)cc1OC. The Bertz CT molecular complexity index is 1020. The first-order valence-electron chi connectivity index (χ1n) is 8.77. The first kappa shape index (κ1) is 19.2. The number of carboxylic acid groups (broad SMARTS) is 1. The zero-order chi connectivity index (χ0) is 20.1. The van der Waals surface area contributed by atoms with Crippen LogP contribution in [-0.2, 0) is 0 Å². The minimum Gasteiger partial charge on any atom is -0.493 e. The summed E-state index contributed by atoms with van der Waals surface area (Å²) in [6, 6.07) is 12.4. The van der Waals surface area contributed by atoms with Gasteiger partial charge in [0.15, 0.2) is 11.5 Å². The fraction of sp³-hybridized carbons (Fsp3) is 0.182. The van der Waals surface area contributed by atoms with Crippen LogP contribution in [-0.4, -0.2) is 36.9 Å². The van der Waals surface area contributed by atoms with E-state index in [0.29, 0.717) is 40.5 Å². The number of aromatic carboxylic acids is 1. The maximum atomic E-state index is 11.6. The van der Waals surface area contributed by atoms with Gasteiger partial charge in [-0.2, -0.15) is 0 Å². The third kappa shape index (κ3) is 3.91. The van der Waals surface area contributed by atoms with Crippen LogP contribution in [0.4, 0.5) is 0 Å². The molecule has 144 valence electrons. The van der Waals surface area contributed by atoms with Crippen molar-refractivity contribution in [2.45, 2.75) is 6.92 Å². The minimum atomic E-state index is -0.988. The molecule has 0 saturated carbocycles. The first-order chi connectivity index (χ1) is 13.6. The Morgan fingerprint density at radius 1 is 1.07 bits per heavy atom. The van der Waals surface area contributed by atoms with E-state index in [1.165, 1.54) is 0 Å². The molecule has 6 nitrogen and oxygen atoms in total. The lowest BCUT2D eigenvalue weighted by Crippen LogP contribution is -2.00. The molecule has 1 N–H and O–H groups in total. The van der Waals surface area contributed by atoms with Crippen molar-refractivity contribution in [2.24, 2.45) is 0 Å². The molecule has 0 spiro atoms. The predicted octanol–water partition coefficient (Wildman–Crippen LogP) is 4.52. The smallest absolute Gasteiger partial charge is 0.336 e. The number of hydrogen-bond acceptors (Lipinski definition) is 5. The fourth-order valence-corrected chi connectivity index (χ4v) is 2.92. The van der Waals surface area contributed by atoms with Gasteiger partial charge in [0.25, 0.3) is 0 Å². The second kappa shape index (κ2) is 8.43. The van der Waals surface area contributed by atoms with E-state index in [4.69, 9.17) is 14.2 Å². The summed E-state index contributed by atoms with van der Waals surface area (Å²) in [6.45, 7) is 2.37. The van der Waals surface area contributed by atoms with Crippen LogP contribution in [0.25, 0.3) is 23.1 Å². The van der Waals surface area contributed by atoms with Crippen molar-refractivity contribution in [2.75, 3.05) is 20.8 Å². The lowest BCUT2D eigenvalue weighted by molar-refractivity contribution is 0.0699. The summed E-state index contributed by atoms with van der Waals surface area (Å²) in [7, 11) is 3.13. The molecule has 1 heterocycles. The van der Waals surface area contributed by atoms with E-state index in [0.717, 1.165) is 5.56 Å². The number of fused-ring (bicyclic) bond motifs is 1.